The standard InChI is InChI=1S/C17H18N6O/c1-13(15-4-8-18-9-5-15)20-17(24)21-16-6-10-23(22-16)12-14-3-2-7-19-11-14/h2-11,13H,12H2,1H3,(H2,20,21,22,24). The number of pyridine rings is 2. The molecule has 1 atom stereocenters. The first-order chi connectivity index (χ1) is 11.7. The summed E-state index contributed by atoms with van der Waals surface area (Å²) in [5.74, 6) is 0.498. The number of nitrogens with zero attached hydrogens (tertiary/aromatic N) is 4. The normalized spacial score (nSPS) is 11.7. The number of rotatable bonds is 5. The Kier molecular flexibility index (Phi) is 4.81. The lowest BCUT2D eigenvalue weighted by atomic mass is 10.1. The highest BCUT2D eigenvalue weighted by molar-refractivity contribution is 5.88. The summed E-state index contributed by atoms with van der Waals surface area (Å²) in [4.78, 5) is 20.1. The van der Waals surface area contributed by atoms with Crippen LogP contribution in [0.3, 0.4) is 0 Å². The molecule has 24 heavy (non-hydrogen) atoms. The molecule has 0 aliphatic carbocycles. The molecule has 7 heteroatoms. The molecule has 0 radical (unpaired) electrons. The van der Waals surface area contributed by atoms with E-state index in [0.717, 1.165) is 11.1 Å². The van der Waals surface area contributed by atoms with Gasteiger partial charge in [0.25, 0.3) is 0 Å². The van der Waals surface area contributed by atoms with Crippen molar-refractivity contribution in [3.8, 4) is 0 Å². The lowest BCUT2D eigenvalue weighted by molar-refractivity contribution is 0.249. The quantitative estimate of drug-likeness (QED) is 0.756. The molecule has 0 spiro atoms. The van der Waals surface area contributed by atoms with E-state index in [1.807, 2.05) is 37.4 Å². The van der Waals surface area contributed by atoms with Gasteiger partial charge in [-0.15, -0.1) is 0 Å². The second kappa shape index (κ2) is 7.36. The highest BCUT2D eigenvalue weighted by Crippen LogP contribution is 2.11. The van der Waals surface area contributed by atoms with Crippen LogP contribution in [0.4, 0.5) is 10.6 Å². The van der Waals surface area contributed by atoms with Gasteiger partial charge in [-0.25, -0.2) is 4.79 Å². The van der Waals surface area contributed by atoms with Crippen LogP contribution in [0.2, 0.25) is 0 Å². The third kappa shape index (κ3) is 4.16. The van der Waals surface area contributed by atoms with Gasteiger partial charge in [-0.2, -0.15) is 5.10 Å². The fourth-order valence-corrected chi connectivity index (χ4v) is 2.28. The molecule has 2 N–H and O–H groups in total. The number of hydrogen-bond donors (Lipinski definition) is 2. The molecule has 0 aromatic carbocycles. The minimum absolute atomic E-state index is 0.120. The van der Waals surface area contributed by atoms with Crippen molar-refractivity contribution in [2.75, 3.05) is 5.32 Å². The summed E-state index contributed by atoms with van der Waals surface area (Å²) in [5, 5.41) is 9.93. The zero-order valence-corrected chi connectivity index (χ0v) is 13.3. The van der Waals surface area contributed by atoms with Gasteiger partial charge >= 0.3 is 6.03 Å². The summed E-state index contributed by atoms with van der Waals surface area (Å²) >= 11 is 0. The van der Waals surface area contributed by atoms with E-state index in [4.69, 9.17) is 0 Å². The Labute approximate surface area is 139 Å². The molecule has 0 saturated heterocycles. The predicted molar refractivity (Wildman–Crippen MR) is 90.4 cm³/mol. The van der Waals surface area contributed by atoms with Gasteiger partial charge in [0.15, 0.2) is 5.82 Å². The molecule has 0 fully saturated rings. The Morgan fingerprint density at radius 1 is 1.17 bits per heavy atom. The fraction of sp³-hybridized carbons (Fsp3) is 0.176. The summed E-state index contributed by atoms with van der Waals surface area (Å²) in [5.41, 5.74) is 2.03. The Morgan fingerprint density at radius 3 is 2.75 bits per heavy atom. The van der Waals surface area contributed by atoms with Crippen molar-refractivity contribution in [3.05, 3.63) is 72.4 Å². The van der Waals surface area contributed by atoms with E-state index in [-0.39, 0.29) is 12.1 Å². The van der Waals surface area contributed by atoms with Gasteiger partial charge in [0.2, 0.25) is 0 Å². The van der Waals surface area contributed by atoms with Crippen LogP contribution in [0.25, 0.3) is 0 Å². The molecule has 3 heterocycles. The largest absolute Gasteiger partial charge is 0.331 e. The second-order valence-electron chi connectivity index (χ2n) is 5.36. The number of carbonyl (C=O) groups is 1. The van der Waals surface area contributed by atoms with E-state index in [2.05, 4.69) is 25.7 Å². The lowest BCUT2D eigenvalue weighted by Gasteiger charge is -2.13. The molecule has 3 rings (SSSR count). The van der Waals surface area contributed by atoms with Crippen molar-refractivity contribution in [1.82, 2.24) is 25.1 Å². The monoisotopic (exact) mass is 322 g/mol. The summed E-state index contributed by atoms with van der Waals surface area (Å²) in [6.07, 6.45) is 8.73. The van der Waals surface area contributed by atoms with Crippen LogP contribution >= 0.6 is 0 Å². The van der Waals surface area contributed by atoms with E-state index in [0.29, 0.717) is 12.4 Å². The van der Waals surface area contributed by atoms with Gasteiger partial charge in [-0.1, -0.05) is 6.07 Å². The van der Waals surface area contributed by atoms with Gasteiger partial charge in [0, 0.05) is 37.1 Å². The average Bonchev–Trinajstić information content (AvgIpc) is 3.03. The maximum atomic E-state index is 12.1. The minimum Gasteiger partial charge on any atom is -0.331 e. The molecular weight excluding hydrogens is 304 g/mol. The molecule has 0 aliphatic rings. The SMILES string of the molecule is CC(NC(=O)Nc1ccn(Cc2cccnc2)n1)c1ccncc1. The van der Waals surface area contributed by atoms with Crippen molar-refractivity contribution in [3.63, 3.8) is 0 Å². The van der Waals surface area contributed by atoms with Crippen LogP contribution in [0.15, 0.2) is 61.3 Å². The molecule has 2 amide bonds. The molecule has 3 aromatic rings. The molecule has 0 aliphatic heterocycles. The Bertz CT molecular complexity index is 787. The average molecular weight is 322 g/mol. The number of amides is 2. The topological polar surface area (TPSA) is 84.7 Å². The third-order valence-electron chi connectivity index (χ3n) is 3.50. The zero-order chi connectivity index (χ0) is 16.8. The number of aromatic nitrogens is 4. The Hall–Kier alpha value is -3.22. The predicted octanol–water partition coefficient (Wildman–Crippen LogP) is 2.60. The summed E-state index contributed by atoms with van der Waals surface area (Å²) in [6, 6.07) is 8.93. The van der Waals surface area contributed by atoms with Crippen LogP contribution in [-0.2, 0) is 6.54 Å². The maximum Gasteiger partial charge on any atom is 0.320 e. The van der Waals surface area contributed by atoms with Crippen molar-refractivity contribution >= 4 is 11.8 Å². The van der Waals surface area contributed by atoms with E-state index in [1.165, 1.54) is 0 Å². The first-order valence-electron chi connectivity index (χ1n) is 7.60. The zero-order valence-electron chi connectivity index (χ0n) is 13.3. The minimum atomic E-state index is -0.300. The number of urea groups is 1. The van der Waals surface area contributed by atoms with Gasteiger partial charge in [0.05, 0.1) is 12.6 Å². The number of nitrogens with one attached hydrogen (secondary N) is 2. The van der Waals surface area contributed by atoms with Gasteiger partial charge in [0.1, 0.15) is 0 Å². The highest BCUT2D eigenvalue weighted by Gasteiger charge is 2.10. The lowest BCUT2D eigenvalue weighted by Crippen LogP contribution is -2.31. The molecule has 7 nitrogen and oxygen atoms in total. The smallest absolute Gasteiger partial charge is 0.320 e. The molecule has 1 unspecified atom stereocenters. The van der Waals surface area contributed by atoms with Crippen LogP contribution in [0.1, 0.15) is 24.1 Å². The molecule has 0 bridgehead atoms. The van der Waals surface area contributed by atoms with Crippen LogP contribution in [0, 0.1) is 0 Å². The number of anilines is 1. The summed E-state index contributed by atoms with van der Waals surface area (Å²) < 4.78 is 1.75. The van der Waals surface area contributed by atoms with Gasteiger partial charge in [-0.05, 0) is 36.2 Å². The van der Waals surface area contributed by atoms with Gasteiger partial charge in [-0.3, -0.25) is 20.0 Å². The molecule has 3 aromatic heterocycles. The second-order valence-corrected chi connectivity index (χ2v) is 5.36. The number of carbonyl (C=O) groups excluding carboxylic acids is 1. The fourth-order valence-electron chi connectivity index (χ4n) is 2.28. The van der Waals surface area contributed by atoms with E-state index in [1.54, 1.807) is 35.5 Å². The van der Waals surface area contributed by atoms with Crippen molar-refractivity contribution in [2.24, 2.45) is 0 Å². The highest BCUT2D eigenvalue weighted by atomic mass is 16.2. The maximum absolute atomic E-state index is 12.1. The third-order valence-corrected chi connectivity index (χ3v) is 3.50. The summed E-state index contributed by atoms with van der Waals surface area (Å²) in [6.45, 7) is 2.51. The van der Waals surface area contributed by atoms with E-state index in [9.17, 15) is 4.79 Å². The van der Waals surface area contributed by atoms with Crippen molar-refractivity contribution in [2.45, 2.75) is 19.5 Å². The molecule has 122 valence electrons. The van der Waals surface area contributed by atoms with Crippen molar-refractivity contribution in [1.29, 1.82) is 0 Å². The number of hydrogen-bond acceptors (Lipinski definition) is 4. The van der Waals surface area contributed by atoms with Crippen LogP contribution in [-0.4, -0.2) is 25.8 Å². The molecular formula is C17H18N6O. The Balaban J connectivity index is 1.55. The Morgan fingerprint density at radius 2 is 2.00 bits per heavy atom. The van der Waals surface area contributed by atoms with Gasteiger partial charge < -0.3 is 5.32 Å². The van der Waals surface area contributed by atoms with Crippen molar-refractivity contribution < 1.29 is 4.79 Å². The first kappa shape index (κ1) is 15.7. The summed E-state index contributed by atoms with van der Waals surface area (Å²) in [7, 11) is 0. The van der Waals surface area contributed by atoms with E-state index < -0.39 is 0 Å². The first-order valence-corrected chi connectivity index (χ1v) is 7.60. The van der Waals surface area contributed by atoms with Crippen LogP contribution in [0.5, 0.6) is 0 Å². The van der Waals surface area contributed by atoms with Crippen LogP contribution < -0.4 is 10.6 Å². The molecule has 0 saturated carbocycles. The van der Waals surface area contributed by atoms with E-state index >= 15 is 0 Å².